The number of aromatic nitrogens is 1. The van der Waals surface area contributed by atoms with Crippen molar-refractivity contribution in [1.29, 1.82) is 0 Å². The smallest absolute Gasteiger partial charge is 0.0312 e. The highest BCUT2D eigenvalue weighted by Gasteiger charge is 2.29. The van der Waals surface area contributed by atoms with Crippen molar-refractivity contribution in [3.63, 3.8) is 0 Å². The molecule has 1 aromatic heterocycles. The van der Waals surface area contributed by atoms with Crippen molar-refractivity contribution in [2.45, 2.75) is 51.6 Å². The Morgan fingerprint density at radius 3 is 2.90 bits per heavy atom. The van der Waals surface area contributed by atoms with Gasteiger partial charge in [0.25, 0.3) is 0 Å². The van der Waals surface area contributed by atoms with Crippen LogP contribution < -0.4 is 5.32 Å². The molecule has 1 N–H and O–H groups in total. The Morgan fingerprint density at radius 1 is 1.38 bits per heavy atom. The summed E-state index contributed by atoms with van der Waals surface area (Å²) in [5.41, 5.74) is 1.31. The molecule has 0 amide bonds. The highest BCUT2D eigenvalue weighted by Crippen LogP contribution is 2.32. The molecule has 3 atom stereocenters. The predicted octanol–water partition coefficient (Wildman–Crippen LogP) is 3.32. The fraction of sp³-hybridized carbons (Fsp3) is 0.722. The number of hydrogen-bond donors (Lipinski definition) is 1. The maximum Gasteiger partial charge on any atom is 0.0312 e. The lowest BCUT2D eigenvalue weighted by molar-refractivity contribution is 0.151. The first kappa shape index (κ1) is 16.4. The van der Waals surface area contributed by atoms with Gasteiger partial charge in [-0.05, 0) is 56.8 Å². The van der Waals surface area contributed by atoms with Crippen LogP contribution in [0.1, 0.15) is 44.6 Å². The Bertz CT molecular complexity index is 393. The van der Waals surface area contributed by atoms with E-state index in [0.29, 0.717) is 6.04 Å². The molecular formula is C18H31N3. The molecule has 1 aliphatic carbocycles. The molecule has 2 rings (SSSR count). The summed E-state index contributed by atoms with van der Waals surface area (Å²) in [5.74, 6) is 1.72. The summed E-state index contributed by atoms with van der Waals surface area (Å²) in [6.07, 6.45) is 10.7. The van der Waals surface area contributed by atoms with Gasteiger partial charge in [-0.3, -0.25) is 4.98 Å². The van der Waals surface area contributed by atoms with E-state index in [-0.39, 0.29) is 0 Å². The molecule has 1 fully saturated rings. The maximum atomic E-state index is 4.21. The first-order valence-corrected chi connectivity index (χ1v) is 8.47. The normalized spacial score (nSPS) is 26.2. The van der Waals surface area contributed by atoms with Crippen molar-refractivity contribution in [3.8, 4) is 0 Å². The van der Waals surface area contributed by atoms with Crippen molar-refractivity contribution in [1.82, 2.24) is 15.2 Å². The summed E-state index contributed by atoms with van der Waals surface area (Å²) in [6, 6.07) is 4.88. The van der Waals surface area contributed by atoms with Crippen LogP contribution in [0.15, 0.2) is 24.5 Å². The zero-order valence-corrected chi connectivity index (χ0v) is 13.9. The number of nitrogens with one attached hydrogen (secondary N) is 1. The first-order valence-electron chi connectivity index (χ1n) is 8.47. The third-order valence-corrected chi connectivity index (χ3v) is 4.88. The number of hydrogen-bond acceptors (Lipinski definition) is 3. The third-order valence-electron chi connectivity index (χ3n) is 4.88. The number of pyridine rings is 1. The molecule has 3 heteroatoms. The monoisotopic (exact) mass is 289 g/mol. The van der Waals surface area contributed by atoms with E-state index in [1.807, 2.05) is 18.5 Å². The van der Waals surface area contributed by atoms with E-state index in [4.69, 9.17) is 0 Å². The van der Waals surface area contributed by atoms with E-state index in [1.54, 1.807) is 0 Å². The van der Waals surface area contributed by atoms with Crippen LogP contribution >= 0.6 is 0 Å². The van der Waals surface area contributed by atoms with Crippen molar-refractivity contribution in [3.05, 3.63) is 30.1 Å². The Kier molecular flexibility index (Phi) is 6.65. The minimum Gasteiger partial charge on any atom is -0.317 e. The molecule has 1 saturated carbocycles. The Hall–Kier alpha value is -0.930. The van der Waals surface area contributed by atoms with E-state index in [2.05, 4.69) is 42.3 Å². The highest BCUT2D eigenvalue weighted by atomic mass is 15.1. The van der Waals surface area contributed by atoms with Crippen LogP contribution in [0.25, 0.3) is 0 Å². The van der Waals surface area contributed by atoms with Crippen LogP contribution in [0.3, 0.4) is 0 Å². The van der Waals surface area contributed by atoms with Crippen LogP contribution in [0.5, 0.6) is 0 Å². The molecule has 3 nitrogen and oxygen atoms in total. The molecule has 0 aliphatic heterocycles. The van der Waals surface area contributed by atoms with Gasteiger partial charge in [-0.1, -0.05) is 25.8 Å². The van der Waals surface area contributed by atoms with Gasteiger partial charge in [-0.2, -0.15) is 0 Å². The predicted molar refractivity (Wildman–Crippen MR) is 89.2 cm³/mol. The molecule has 21 heavy (non-hydrogen) atoms. The lowest BCUT2D eigenvalue weighted by Crippen LogP contribution is -2.43. The Morgan fingerprint density at radius 2 is 2.24 bits per heavy atom. The van der Waals surface area contributed by atoms with Gasteiger partial charge in [0, 0.05) is 31.5 Å². The van der Waals surface area contributed by atoms with E-state index in [1.165, 1.54) is 44.2 Å². The number of rotatable bonds is 7. The first-order chi connectivity index (χ1) is 10.2. The summed E-state index contributed by atoms with van der Waals surface area (Å²) in [6.45, 7) is 4.49. The minimum atomic E-state index is 0.689. The standard InChI is InChI=1S/C18H31N3/c1-4-6-15-8-9-18(19-2)17(11-15)14-21(3)13-16-7-5-10-20-12-16/h5,7,10,12,15,17-19H,4,6,8-9,11,13-14H2,1-3H3. The highest BCUT2D eigenvalue weighted by molar-refractivity contribution is 5.08. The molecular weight excluding hydrogens is 258 g/mol. The largest absolute Gasteiger partial charge is 0.317 e. The SMILES string of the molecule is CCCC1CCC(NC)C(CN(C)Cc2cccnc2)C1. The average Bonchev–Trinajstić information content (AvgIpc) is 2.49. The maximum absolute atomic E-state index is 4.21. The van der Waals surface area contributed by atoms with E-state index < -0.39 is 0 Å². The van der Waals surface area contributed by atoms with Gasteiger partial charge >= 0.3 is 0 Å². The zero-order valence-electron chi connectivity index (χ0n) is 13.9. The van der Waals surface area contributed by atoms with Gasteiger partial charge in [0.05, 0.1) is 0 Å². The topological polar surface area (TPSA) is 28.2 Å². The van der Waals surface area contributed by atoms with Crippen LogP contribution in [0.4, 0.5) is 0 Å². The van der Waals surface area contributed by atoms with Crippen LogP contribution in [0, 0.1) is 11.8 Å². The Balaban J connectivity index is 1.88. The van der Waals surface area contributed by atoms with Gasteiger partial charge in [-0.25, -0.2) is 0 Å². The second-order valence-electron chi connectivity index (χ2n) is 6.68. The van der Waals surface area contributed by atoms with E-state index >= 15 is 0 Å². The van der Waals surface area contributed by atoms with Crippen molar-refractivity contribution >= 4 is 0 Å². The van der Waals surface area contributed by atoms with E-state index in [0.717, 1.165) is 18.4 Å². The molecule has 1 heterocycles. The summed E-state index contributed by atoms with van der Waals surface area (Å²) in [7, 11) is 4.36. The van der Waals surface area contributed by atoms with Gasteiger partial charge in [-0.15, -0.1) is 0 Å². The molecule has 1 aliphatic rings. The molecule has 0 radical (unpaired) electrons. The van der Waals surface area contributed by atoms with Crippen LogP contribution in [-0.4, -0.2) is 36.6 Å². The number of nitrogens with zero attached hydrogens (tertiary/aromatic N) is 2. The molecule has 1 aromatic rings. The second-order valence-corrected chi connectivity index (χ2v) is 6.68. The zero-order chi connectivity index (χ0) is 15.1. The van der Waals surface area contributed by atoms with Crippen LogP contribution in [-0.2, 0) is 6.54 Å². The lowest BCUT2D eigenvalue weighted by atomic mass is 9.76. The molecule has 118 valence electrons. The summed E-state index contributed by atoms with van der Waals surface area (Å²) in [4.78, 5) is 6.67. The van der Waals surface area contributed by atoms with Crippen molar-refractivity contribution in [2.75, 3.05) is 20.6 Å². The molecule has 0 saturated heterocycles. The summed E-state index contributed by atoms with van der Waals surface area (Å²) >= 11 is 0. The molecule has 0 bridgehead atoms. The fourth-order valence-corrected chi connectivity index (χ4v) is 3.88. The van der Waals surface area contributed by atoms with Crippen molar-refractivity contribution in [2.24, 2.45) is 11.8 Å². The van der Waals surface area contributed by atoms with E-state index in [9.17, 15) is 0 Å². The summed E-state index contributed by atoms with van der Waals surface area (Å²) in [5, 5.41) is 3.55. The van der Waals surface area contributed by atoms with Crippen LogP contribution in [0.2, 0.25) is 0 Å². The minimum absolute atomic E-state index is 0.689. The van der Waals surface area contributed by atoms with Gasteiger partial charge < -0.3 is 10.2 Å². The second kappa shape index (κ2) is 8.50. The lowest BCUT2D eigenvalue weighted by Gasteiger charge is -2.38. The fourth-order valence-electron chi connectivity index (χ4n) is 3.88. The molecule has 3 unspecified atom stereocenters. The van der Waals surface area contributed by atoms with Gasteiger partial charge in [0.2, 0.25) is 0 Å². The summed E-state index contributed by atoms with van der Waals surface area (Å²) < 4.78 is 0. The van der Waals surface area contributed by atoms with Gasteiger partial charge in [0.15, 0.2) is 0 Å². The average molecular weight is 289 g/mol. The third kappa shape index (κ3) is 5.08. The van der Waals surface area contributed by atoms with Gasteiger partial charge in [0.1, 0.15) is 0 Å². The quantitative estimate of drug-likeness (QED) is 0.834. The van der Waals surface area contributed by atoms with Crippen molar-refractivity contribution < 1.29 is 0 Å². The Labute approximate surface area is 130 Å². The molecule has 0 aromatic carbocycles. The molecule has 0 spiro atoms.